The van der Waals surface area contributed by atoms with E-state index in [-0.39, 0.29) is 11.9 Å². The van der Waals surface area contributed by atoms with E-state index in [0.29, 0.717) is 13.2 Å². The second-order valence-corrected chi connectivity index (χ2v) is 5.66. The standard InChI is InChI=1S/C18H21N3O2/c22-18(17-5-2-8-20-17)21-12-15-3-1-4-16(11-15)23-13-14-6-9-19-10-7-14/h1,3-4,6-7,9-11,17,20H,2,5,8,12-13H2,(H,21,22). The van der Waals surface area contributed by atoms with Crippen LogP contribution in [0.3, 0.4) is 0 Å². The Balaban J connectivity index is 1.51. The maximum absolute atomic E-state index is 12.0. The molecule has 1 aromatic carbocycles. The van der Waals surface area contributed by atoms with Gasteiger partial charge in [-0.15, -0.1) is 0 Å². The number of benzene rings is 1. The van der Waals surface area contributed by atoms with E-state index in [2.05, 4.69) is 15.6 Å². The van der Waals surface area contributed by atoms with Crippen LogP contribution in [0.4, 0.5) is 0 Å². The van der Waals surface area contributed by atoms with Crippen LogP contribution >= 0.6 is 0 Å². The predicted octanol–water partition coefficient (Wildman–Crippen LogP) is 2.03. The second-order valence-electron chi connectivity index (χ2n) is 5.66. The Morgan fingerprint density at radius 3 is 2.91 bits per heavy atom. The molecule has 0 saturated carbocycles. The van der Waals surface area contributed by atoms with Crippen molar-refractivity contribution in [1.82, 2.24) is 15.6 Å². The van der Waals surface area contributed by atoms with Gasteiger partial charge in [0.25, 0.3) is 0 Å². The zero-order valence-electron chi connectivity index (χ0n) is 13.0. The van der Waals surface area contributed by atoms with Crippen LogP contribution in [0, 0.1) is 0 Å². The van der Waals surface area contributed by atoms with Crippen LogP contribution in [0.2, 0.25) is 0 Å². The first kappa shape index (κ1) is 15.5. The van der Waals surface area contributed by atoms with Crippen LogP contribution in [0.25, 0.3) is 0 Å². The summed E-state index contributed by atoms with van der Waals surface area (Å²) < 4.78 is 5.79. The minimum atomic E-state index is -0.0406. The molecule has 1 aliphatic rings. The van der Waals surface area contributed by atoms with Gasteiger partial charge in [0, 0.05) is 18.9 Å². The van der Waals surface area contributed by atoms with Crippen molar-refractivity contribution in [1.29, 1.82) is 0 Å². The summed E-state index contributed by atoms with van der Waals surface area (Å²) in [4.78, 5) is 16.0. The monoisotopic (exact) mass is 311 g/mol. The molecular formula is C18H21N3O2. The Bertz CT molecular complexity index is 640. The highest BCUT2D eigenvalue weighted by molar-refractivity contribution is 5.81. The van der Waals surface area contributed by atoms with Crippen molar-refractivity contribution in [2.24, 2.45) is 0 Å². The maximum Gasteiger partial charge on any atom is 0.237 e. The average molecular weight is 311 g/mol. The third-order valence-corrected chi connectivity index (χ3v) is 3.90. The lowest BCUT2D eigenvalue weighted by molar-refractivity contribution is -0.122. The first-order chi connectivity index (χ1) is 11.3. The lowest BCUT2D eigenvalue weighted by atomic mass is 10.2. The number of pyridine rings is 1. The van der Waals surface area contributed by atoms with Crippen LogP contribution in [0.5, 0.6) is 5.75 Å². The molecule has 0 spiro atoms. The molecule has 0 bridgehead atoms. The van der Waals surface area contributed by atoms with Crippen LogP contribution in [0.1, 0.15) is 24.0 Å². The van der Waals surface area contributed by atoms with Crippen molar-refractivity contribution in [3.8, 4) is 5.75 Å². The second kappa shape index (κ2) is 7.74. The molecule has 5 nitrogen and oxygen atoms in total. The molecule has 1 fully saturated rings. The van der Waals surface area contributed by atoms with E-state index >= 15 is 0 Å². The molecule has 5 heteroatoms. The summed E-state index contributed by atoms with van der Waals surface area (Å²) in [6.07, 6.45) is 5.49. The summed E-state index contributed by atoms with van der Waals surface area (Å²) in [6, 6.07) is 11.6. The molecule has 1 aliphatic heterocycles. The summed E-state index contributed by atoms with van der Waals surface area (Å²) in [7, 11) is 0. The Morgan fingerprint density at radius 2 is 2.13 bits per heavy atom. The highest BCUT2D eigenvalue weighted by atomic mass is 16.5. The van der Waals surface area contributed by atoms with Crippen molar-refractivity contribution in [3.05, 3.63) is 59.9 Å². The van der Waals surface area contributed by atoms with Gasteiger partial charge in [-0.3, -0.25) is 9.78 Å². The smallest absolute Gasteiger partial charge is 0.237 e. The molecule has 0 radical (unpaired) electrons. The molecule has 2 aromatic rings. The van der Waals surface area contributed by atoms with Crippen molar-refractivity contribution in [3.63, 3.8) is 0 Å². The molecule has 1 saturated heterocycles. The number of carbonyl (C=O) groups excluding carboxylic acids is 1. The topological polar surface area (TPSA) is 63.2 Å². The van der Waals surface area contributed by atoms with Crippen molar-refractivity contribution < 1.29 is 9.53 Å². The third-order valence-electron chi connectivity index (χ3n) is 3.90. The molecule has 2 heterocycles. The van der Waals surface area contributed by atoms with Crippen molar-refractivity contribution in [2.45, 2.75) is 32.0 Å². The van der Waals surface area contributed by atoms with Crippen LogP contribution < -0.4 is 15.4 Å². The highest BCUT2D eigenvalue weighted by Gasteiger charge is 2.21. The van der Waals surface area contributed by atoms with E-state index in [1.807, 2.05) is 36.4 Å². The van der Waals surface area contributed by atoms with Gasteiger partial charge in [-0.05, 0) is 54.8 Å². The number of hydrogen-bond donors (Lipinski definition) is 2. The number of hydrogen-bond acceptors (Lipinski definition) is 4. The van der Waals surface area contributed by atoms with Crippen LogP contribution in [0.15, 0.2) is 48.8 Å². The Labute approximate surface area is 136 Å². The third kappa shape index (κ3) is 4.53. The molecule has 1 unspecified atom stereocenters. The zero-order chi connectivity index (χ0) is 15.9. The molecule has 3 rings (SSSR count). The number of carbonyl (C=O) groups is 1. The summed E-state index contributed by atoms with van der Waals surface area (Å²) >= 11 is 0. The minimum Gasteiger partial charge on any atom is -0.489 e. The summed E-state index contributed by atoms with van der Waals surface area (Å²) in [5.74, 6) is 0.873. The van der Waals surface area contributed by atoms with Crippen molar-refractivity contribution >= 4 is 5.91 Å². The summed E-state index contributed by atoms with van der Waals surface area (Å²) in [6.45, 7) is 1.95. The molecule has 1 atom stereocenters. The van der Waals surface area contributed by atoms with Gasteiger partial charge in [0.2, 0.25) is 5.91 Å². The molecule has 1 amide bonds. The van der Waals surface area contributed by atoms with Gasteiger partial charge < -0.3 is 15.4 Å². The van der Waals surface area contributed by atoms with Gasteiger partial charge in [-0.25, -0.2) is 0 Å². The predicted molar refractivity (Wildman–Crippen MR) is 87.9 cm³/mol. The minimum absolute atomic E-state index is 0.0406. The number of nitrogens with zero attached hydrogens (tertiary/aromatic N) is 1. The number of nitrogens with one attached hydrogen (secondary N) is 2. The van der Waals surface area contributed by atoms with Crippen molar-refractivity contribution in [2.75, 3.05) is 6.54 Å². The van der Waals surface area contributed by atoms with Crippen LogP contribution in [-0.2, 0) is 17.9 Å². The fourth-order valence-corrected chi connectivity index (χ4v) is 2.61. The van der Waals surface area contributed by atoms with E-state index in [9.17, 15) is 4.79 Å². The fraction of sp³-hybridized carbons (Fsp3) is 0.333. The lowest BCUT2D eigenvalue weighted by Gasteiger charge is -2.12. The fourth-order valence-electron chi connectivity index (χ4n) is 2.61. The Hall–Kier alpha value is -2.40. The largest absolute Gasteiger partial charge is 0.489 e. The number of aromatic nitrogens is 1. The summed E-state index contributed by atoms with van der Waals surface area (Å²) in [5.41, 5.74) is 2.11. The SMILES string of the molecule is O=C(NCc1cccc(OCc2ccncc2)c1)C1CCCN1. The first-order valence-electron chi connectivity index (χ1n) is 7.93. The first-order valence-corrected chi connectivity index (χ1v) is 7.93. The van der Waals surface area contributed by atoms with Gasteiger partial charge in [0.05, 0.1) is 6.04 Å². The molecule has 120 valence electrons. The van der Waals surface area contributed by atoms with E-state index in [4.69, 9.17) is 4.74 Å². The van der Waals surface area contributed by atoms with Gasteiger partial charge >= 0.3 is 0 Å². The molecule has 0 aliphatic carbocycles. The van der Waals surface area contributed by atoms with E-state index in [1.165, 1.54) is 0 Å². The summed E-state index contributed by atoms with van der Waals surface area (Å²) in [5, 5.41) is 6.18. The van der Waals surface area contributed by atoms with E-state index in [1.54, 1.807) is 12.4 Å². The number of amides is 1. The average Bonchev–Trinajstić information content (AvgIpc) is 3.14. The van der Waals surface area contributed by atoms with E-state index < -0.39 is 0 Å². The lowest BCUT2D eigenvalue weighted by Crippen LogP contribution is -2.39. The zero-order valence-corrected chi connectivity index (χ0v) is 13.0. The van der Waals surface area contributed by atoms with Crippen LogP contribution in [-0.4, -0.2) is 23.5 Å². The maximum atomic E-state index is 12.0. The number of rotatable bonds is 6. The quantitative estimate of drug-likeness (QED) is 0.857. The molecule has 1 aromatic heterocycles. The van der Waals surface area contributed by atoms with Gasteiger partial charge in [-0.1, -0.05) is 12.1 Å². The molecular weight excluding hydrogens is 290 g/mol. The Kier molecular flexibility index (Phi) is 5.21. The normalized spacial score (nSPS) is 17.0. The van der Waals surface area contributed by atoms with E-state index in [0.717, 1.165) is 36.3 Å². The van der Waals surface area contributed by atoms with Gasteiger partial charge in [0.15, 0.2) is 0 Å². The molecule has 23 heavy (non-hydrogen) atoms. The van der Waals surface area contributed by atoms with Gasteiger partial charge in [0.1, 0.15) is 12.4 Å². The van der Waals surface area contributed by atoms with Gasteiger partial charge in [-0.2, -0.15) is 0 Å². The molecule has 2 N–H and O–H groups in total. The Morgan fingerprint density at radius 1 is 1.26 bits per heavy atom. The number of ether oxygens (including phenoxy) is 1. The highest BCUT2D eigenvalue weighted by Crippen LogP contribution is 2.15.